The van der Waals surface area contributed by atoms with E-state index in [1.165, 1.54) is 73.3 Å². The monoisotopic (exact) mass is 1970 g/mol. The second-order valence-corrected chi connectivity index (χ2v) is 29.1. The summed E-state index contributed by atoms with van der Waals surface area (Å²) in [6.45, 7) is 14.7. The molecule has 0 aliphatic carbocycles. The number of carbonyl (C=O) groups is 5. The van der Waals surface area contributed by atoms with Crippen LogP contribution in [0.15, 0.2) is 255 Å². The van der Waals surface area contributed by atoms with Gasteiger partial charge in [0.1, 0.15) is 98.5 Å². The standard InChI is InChI=1S/C24H21ClF3NO3.C23H19ClF3NO3.C16H13ClF3NO3.C11H14O4.C9H10O4.C7H7Br.C7H8ClN/c1-3-31-20-10-7-11-21(32-15-16-8-5-4-6-9-16)22(20)23(30)29(2)17-12-13-19(25)18(14-17)24(26,27)28;1-2-30-19-9-6-10-20(31-14-15-7-4-3-5-8-15)21(19)22(29)28-16-11-12-18(24)17(13-16)23(25,26)27;1-2-24-13-5-3-4-12(22)14(13)15(23)21-9-6-7-11(17)10(8-9)16(18,19)20;1-3-14-9-7-5-6-8(12)10(9)11(13)15-4-2;1-2-13-7-5-3-4-6(10)8(7)9(11)12;8-6-7-4-2-1-3-5-7;1-5-4-6(9)2-3-7(5)8/h4-14H,3,15H2,1-2H3;3-13H,2,14H2,1H3,(H,28,29);3-8,22H,2H2,1H3,(H,21,23);5-7,12H,3-4H2,1-2H3;3-5,10H,2H2,1H3,(H,11,12);1-5H,6H2;2-4H,9H2,1H3. The summed E-state index contributed by atoms with van der Waals surface area (Å²) in [5, 5.41) is 42.5. The predicted molar refractivity (Wildman–Crippen MR) is 495 cm³/mol. The maximum absolute atomic E-state index is 13.4. The molecule has 21 nitrogen and oxygen atoms in total. The number of hydrogen-bond donors (Lipinski definition) is 7. The number of ether oxygens (including phenoxy) is 8. The van der Waals surface area contributed by atoms with E-state index in [-0.39, 0.29) is 123 Å². The molecule has 0 fully saturated rings. The lowest BCUT2D eigenvalue weighted by molar-refractivity contribution is -0.138. The average molecular weight is 1980 g/mol. The van der Waals surface area contributed by atoms with Crippen LogP contribution in [0.1, 0.15) is 132 Å². The van der Waals surface area contributed by atoms with Crippen LogP contribution in [0.25, 0.3) is 0 Å². The fourth-order valence-corrected chi connectivity index (χ4v) is 12.6. The Morgan fingerprint density at radius 3 is 1.08 bits per heavy atom. The van der Waals surface area contributed by atoms with Gasteiger partial charge in [0.25, 0.3) is 17.7 Å². The van der Waals surface area contributed by atoms with Gasteiger partial charge < -0.3 is 79.6 Å². The largest absolute Gasteiger partial charge is 0.507 e. The zero-order valence-corrected chi connectivity index (χ0v) is 76.6. The number of phenols is 3. The molecule has 0 aliphatic heterocycles. The highest BCUT2D eigenvalue weighted by Gasteiger charge is 2.37. The van der Waals surface area contributed by atoms with Gasteiger partial charge in [-0.2, -0.15) is 39.5 Å². The van der Waals surface area contributed by atoms with Crippen molar-refractivity contribution in [1.29, 1.82) is 0 Å². The summed E-state index contributed by atoms with van der Waals surface area (Å²) >= 11 is 26.0. The number of aryl methyl sites for hydroxylation is 1. The molecule has 0 atom stereocenters. The molecule has 0 bridgehead atoms. The summed E-state index contributed by atoms with van der Waals surface area (Å²) in [5.74, 6) is -2.84. The number of nitrogens with two attached hydrogens (primary N) is 1. The molecule has 0 unspecified atom stereocenters. The summed E-state index contributed by atoms with van der Waals surface area (Å²) in [6.07, 6.45) is -13.9. The summed E-state index contributed by atoms with van der Waals surface area (Å²) in [6, 6.07) is 66.9. The number of hydrogen-bond acceptors (Lipinski definition) is 17. The molecule has 8 N–H and O–H groups in total. The lowest BCUT2D eigenvalue weighted by atomic mass is 10.1. The van der Waals surface area contributed by atoms with Crippen LogP contribution < -0.4 is 54.4 Å². The topological polar surface area (TPSA) is 293 Å². The molecule has 132 heavy (non-hydrogen) atoms. The third-order valence-corrected chi connectivity index (χ3v) is 19.6. The first kappa shape index (κ1) is 108. The molecule has 0 spiro atoms. The van der Waals surface area contributed by atoms with E-state index in [9.17, 15) is 78.8 Å². The van der Waals surface area contributed by atoms with E-state index in [1.807, 2.05) is 91.9 Å². The number of nitrogens with one attached hydrogen (secondary N) is 2. The van der Waals surface area contributed by atoms with Gasteiger partial charge in [0, 0.05) is 40.1 Å². The number of amides is 3. The normalized spacial score (nSPS) is 10.6. The molecule has 0 aromatic heterocycles. The van der Waals surface area contributed by atoms with Crippen LogP contribution in [0.2, 0.25) is 20.1 Å². The minimum Gasteiger partial charge on any atom is -0.507 e. The number of halogens is 14. The second kappa shape index (κ2) is 53.2. The molecule has 35 heteroatoms. The number of esters is 1. The highest BCUT2D eigenvalue weighted by molar-refractivity contribution is 9.08. The molecular formula is C97H92BrCl4F9N4O17. The van der Waals surface area contributed by atoms with Crippen LogP contribution in [-0.2, 0) is 41.8 Å². The quantitative estimate of drug-likeness (QED) is 0.0115. The Hall–Kier alpha value is -13.2. The van der Waals surface area contributed by atoms with Crippen molar-refractivity contribution in [2.45, 2.75) is 85.5 Å². The van der Waals surface area contributed by atoms with E-state index in [4.69, 9.17) is 95.1 Å². The van der Waals surface area contributed by atoms with Crippen LogP contribution >= 0.6 is 62.3 Å². The van der Waals surface area contributed by atoms with E-state index in [0.29, 0.717) is 32.2 Å². The third-order valence-electron chi connectivity index (χ3n) is 17.5. The minimum absolute atomic E-state index is 0.0343. The molecule has 0 radical (unpaired) electrons. The van der Waals surface area contributed by atoms with Gasteiger partial charge in [0.05, 0.1) is 71.4 Å². The molecule has 12 aromatic carbocycles. The lowest BCUT2D eigenvalue weighted by Crippen LogP contribution is -2.28. The molecule has 3 amide bonds. The fourth-order valence-electron chi connectivity index (χ4n) is 11.4. The maximum Gasteiger partial charge on any atom is 0.417 e. The first-order chi connectivity index (χ1) is 62.7. The van der Waals surface area contributed by atoms with E-state index in [0.717, 1.165) is 74.0 Å². The van der Waals surface area contributed by atoms with Crippen LogP contribution in [0, 0.1) is 6.92 Å². The molecule has 700 valence electrons. The van der Waals surface area contributed by atoms with Gasteiger partial charge in [-0.25, -0.2) is 9.59 Å². The summed E-state index contributed by atoms with van der Waals surface area (Å²) < 4.78 is 161. The highest BCUT2D eigenvalue weighted by atomic mass is 79.9. The van der Waals surface area contributed by atoms with Gasteiger partial charge in [-0.15, -0.1) is 0 Å². The Labute approximate surface area is 784 Å². The van der Waals surface area contributed by atoms with Crippen molar-refractivity contribution in [1.82, 2.24) is 0 Å². The van der Waals surface area contributed by atoms with Crippen molar-refractivity contribution in [2.24, 2.45) is 0 Å². The molecule has 0 aliphatic rings. The van der Waals surface area contributed by atoms with Gasteiger partial charge >= 0.3 is 30.5 Å². The number of phenolic OH excluding ortho intramolecular Hbond substituents is 2. The van der Waals surface area contributed by atoms with Crippen molar-refractivity contribution in [3.05, 3.63) is 342 Å². The Kier molecular flexibility index (Phi) is 43.4. The number of aromatic hydroxyl groups is 3. The van der Waals surface area contributed by atoms with E-state index >= 15 is 0 Å². The van der Waals surface area contributed by atoms with Crippen LogP contribution in [0.4, 0.5) is 62.3 Å². The fraction of sp³-hybridized carbons (Fsp3) is 0.206. The molecular weight excluding hydrogens is 1890 g/mol. The first-order valence-corrected chi connectivity index (χ1v) is 42.6. The number of alkyl halides is 10. The van der Waals surface area contributed by atoms with E-state index in [1.54, 1.807) is 102 Å². The summed E-state index contributed by atoms with van der Waals surface area (Å²) in [4.78, 5) is 62.0. The number of carboxylic acids is 1. The number of rotatable bonds is 26. The van der Waals surface area contributed by atoms with Crippen molar-refractivity contribution in [3.8, 4) is 57.5 Å². The first-order valence-electron chi connectivity index (χ1n) is 40.0. The Balaban J connectivity index is 0.000000249. The Bertz CT molecular complexity index is 5780. The number of benzene rings is 12. The van der Waals surface area contributed by atoms with Crippen LogP contribution in [0.3, 0.4) is 0 Å². The zero-order valence-electron chi connectivity index (χ0n) is 72.0. The van der Waals surface area contributed by atoms with Gasteiger partial charge in [-0.05, 0) is 204 Å². The molecule has 0 heterocycles. The zero-order chi connectivity index (χ0) is 97.4. The number of carbonyl (C=O) groups excluding carboxylic acids is 4. The smallest absolute Gasteiger partial charge is 0.417 e. The van der Waals surface area contributed by atoms with E-state index < -0.39 is 79.9 Å². The van der Waals surface area contributed by atoms with Gasteiger partial charge in [0.2, 0.25) is 0 Å². The maximum atomic E-state index is 13.4. The van der Waals surface area contributed by atoms with E-state index in [2.05, 4.69) is 38.7 Å². The molecule has 0 saturated carbocycles. The summed E-state index contributed by atoms with van der Waals surface area (Å²) in [7, 11) is 1.38. The number of nitrogens with zero attached hydrogens (tertiary/aromatic N) is 1. The molecule has 12 aromatic rings. The van der Waals surface area contributed by atoms with Gasteiger partial charge in [-0.3, -0.25) is 14.4 Å². The van der Waals surface area contributed by atoms with Crippen LogP contribution in [0.5, 0.6) is 57.5 Å². The van der Waals surface area contributed by atoms with Gasteiger partial charge in [0.15, 0.2) is 0 Å². The number of nitrogen functional groups attached to an aromatic ring is 1. The number of aromatic carboxylic acids is 1. The second-order valence-electron chi connectivity index (χ2n) is 26.9. The SMILES string of the molecule is BrCc1ccccc1.CCOC(=O)c1c(O)cccc1OCC.CCOc1cccc(O)c1C(=O)Nc1ccc(Cl)c(C(F)(F)F)c1.CCOc1cccc(O)c1C(=O)O.CCOc1cccc(OCc2ccccc2)c1C(=O)N(C)c1ccc(Cl)c(C(F)(F)F)c1.CCOc1cccc(OCc2ccccc2)c1C(=O)Nc1ccc(Cl)c(C(F)(F)F)c1.Cc1cc(N)ccc1Cl. The van der Waals surface area contributed by atoms with Gasteiger partial charge in [-0.1, -0.05) is 184 Å². The third kappa shape index (κ3) is 33.3. The van der Waals surface area contributed by atoms with Crippen molar-refractivity contribution in [3.63, 3.8) is 0 Å². The van der Waals surface area contributed by atoms with Crippen LogP contribution in [-0.4, -0.2) is 96.8 Å². The number of anilines is 4. The number of carboxylic acid groups (broad SMARTS) is 1. The Morgan fingerprint density at radius 2 is 0.705 bits per heavy atom. The minimum atomic E-state index is -4.65. The molecule has 0 saturated heterocycles. The van der Waals surface area contributed by atoms with Crippen molar-refractivity contribution in [2.75, 3.05) is 68.0 Å². The molecule has 12 rings (SSSR count). The predicted octanol–water partition coefficient (Wildman–Crippen LogP) is 26.2. The Morgan fingerprint density at radius 1 is 0.379 bits per heavy atom. The highest BCUT2D eigenvalue weighted by Crippen LogP contribution is 2.42. The lowest BCUT2D eigenvalue weighted by Gasteiger charge is -2.22. The summed E-state index contributed by atoms with van der Waals surface area (Å²) in [5.41, 5.74) is 7.06. The average Bonchev–Trinajstić information content (AvgIpc) is 0.788. The van der Waals surface area contributed by atoms with Crippen molar-refractivity contribution >= 4 is 115 Å². The van der Waals surface area contributed by atoms with Crippen molar-refractivity contribution < 1.29 is 122 Å².